The summed E-state index contributed by atoms with van der Waals surface area (Å²) in [4.78, 5) is 30.1. The van der Waals surface area contributed by atoms with Crippen LogP contribution in [0.4, 0.5) is 42.5 Å². The Hall–Kier alpha value is -3.53. The largest absolute Gasteiger partial charge is 0.491 e. The lowest BCUT2D eigenvalue weighted by molar-refractivity contribution is -0.206. The molecule has 2 amide bonds. The molecule has 0 unspecified atom stereocenters. The van der Waals surface area contributed by atoms with Gasteiger partial charge in [-0.05, 0) is 6.92 Å². The molecule has 2 aliphatic heterocycles. The lowest BCUT2D eigenvalue weighted by Crippen LogP contribution is -2.51. The molecule has 0 bridgehead atoms. The number of rotatable bonds is 3. The first-order valence-electron chi connectivity index (χ1n) is 10.6. The molecule has 5 heterocycles. The summed E-state index contributed by atoms with van der Waals surface area (Å²) in [6, 6.07) is 0.924. The maximum absolute atomic E-state index is 14.2. The number of alkyl halides is 6. The van der Waals surface area contributed by atoms with Crippen LogP contribution >= 0.6 is 11.6 Å². The van der Waals surface area contributed by atoms with Gasteiger partial charge in [-0.1, -0.05) is 11.6 Å². The Morgan fingerprint density at radius 3 is 2.54 bits per heavy atom. The highest BCUT2D eigenvalue weighted by Crippen LogP contribution is 2.50. The van der Waals surface area contributed by atoms with Gasteiger partial charge in [0.15, 0.2) is 16.5 Å². The van der Waals surface area contributed by atoms with E-state index < -0.39 is 63.8 Å². The third-order valence-electron chi connectivity index (χ3n) is 6.14. The number of hydrogen-bond acceptors (Lipinski definition) is 6. The lowest BCUT2D eigenvalue weighted by Gasteiger charge is -2.28. The van der Waals surface area contributed by atoms with E-state index in [1.807, 2.05) is 0 Å². The van der Waals surface area contributed by atoms with E-state index >= 15 is 0 Å². The molecule has 0 saturated carbocycles. The van der Waals surface area contributed by atoms with Crippen molar-refractivity contribution in [3.05, 3.63) is 45.7 Å². The highest BCUT2D eigenvalue weighted by molar-refractivity contribution is 6.29. The van der Waals surface area contributed by atoms with Crippen LogP contribution in [0.2, 0.25) is 5.15 Å². The van der Waals surface area contributed by atoms with Crippen LogP contribution < -0.4 is 25.8 Å². The standard InChI is InChI=1S/C20H16ClF6N7O3/c1-18(19(22,23)24)8-32(11-6-29-14-3-13(21)31-34(14)15(11)18)17(36)30-9-2-12(37-10-4-28-5-10)16(35)33(7-9)20(25,26)27/h2-3,6-7,10,28H,4-5,8H2,1H3,(H,30,36)/t18-/m1/s1. The van der Waals surface area contributed by atoms with Crippen LogP contribution in [-0.4, -0.2) is 57.1 Å². The van der Waals surface area contributed by atoms with Gasteiger partial charge < -0.3 is 15.4 Å². The number of anilines is 2. The van der Waals surface area contributed by atoms with E-state index in [9.17, 15) is 35.9 Å². The van der Waals surface area contributed by atoms with Crippen molar-refractivity contribution in [1.82, 2.24) is 24.5 Å². The molecule has 1 fully saturated rings. The van der Waals surface area contributed by atoms with Gasteiger partial charge in [0, 0.05) is 38.0 Å². The van der Waals surface area contributed by atoms with E-state index in [1.54, 1.807) is 0 Å². The summed E-state index contributed by atoms with van der Waals surface area (Å²) < 4.78 is 88.7. The maximum atomic E-state index is 14.2. The van der Waals surface area contributed by atoms with Crippen molar-refractivity contribution in [3.8, 4) is 5.75 Å². The molecule has 3 aromatic heterocycles. The quantitative estimate of drug-likeness (QED) is 0.484. The number of carbonyl (C=O) groups excluding carboxylic acids is 1. The molecule has 0 spiro atoms. The van der Waals surface area contributed by atoms with Gasteiger partial charge in [0.2, 0.25) is 0 Å². The molecule has 198 valence electrons. The molecule has 2 N–H and O–H groups in total. The smallest absolute Gasteiger partial charge is 0.482 e. The molecule has 0 aromatic carbocycles. The Kier molecular flexibility index (Phi) is 5.60. The highest BCUT2D eigenvalue weighted by atomic mass is 35.5. The predicted octanol–water partition coefficient (Wildman–Crippen LogP) is 3.24. The van der Waals surface area contributed by atoms with Crippen molar-refractivity contribution >= 4 is 34.7 Å². The third kappa shape index (κ3) is 4.13. The van der Waals surface area contributed by atoms with Gasteiger partial charge in [-0.25, -0.2) is 18.9 Å². The molecular weight excluding hydrogens is 536 g/mol. The van der Waals surface area contributed by atoms with Crippen LogP contribution in [0.5, 0.6) is 5.75 Å². The Labute approximate surface area is 207 Å². The van der Waals surface area contributed by atoms with Crippen LogP contribution in [0, 0.1) is 0 Å². The molecular formula is C20H16ClF6N7O3. The Morgan fingerprint density at radius 1 is 1.24 bits per heavy atom. The van der Waals surface area contributed by atoms with Gasteiger partial charge in [0.1, 0.15) is 11.5 Å². The Morgan fingerprint density at radius 2 is 1.95 bits per heavy atom. The lowest BCUT2D eigenvalue weighted by atomic mass is 9.88. The number of carbonyl (C=O) groups is 1. The number of aromatic nitrogens is 4. The number of amides is 2. The molecule has 1 atom stereocenters. The number of nitrogens with one attached hydrogen (secondary N) is 2. The molecule has 0 aliphatic carbocycles. The summed E-state index contributed by atoms with van der Waals surface area (Å²) in [6.07, 6.45) is -9.23. The van der Waals surface area contributed by atoms with Crippen LogP contribution in [0.1, 0.15) is 12.6 Å². The maximum Gasteiger partial charge on any atom is 0.491 e. The second kappa shape index (κ2) is 8.24. The summed E-state index contributed by atoms with van der Waals surface area (Å²) >= 11 is 5.85. The number of urea groups is 1. The normalized spacial score (nSPS) is 20.2. The minimum absolute atomic E-state index is 0.00557. The summed E-state index contributed by atoms with van der Waals surface area (Å²) in [7, 11) is 0. The zero-order valence-corrected chi connectivity index (χ0v) is 19.4. The molecule has 2 aliphatic rings. The van der Waals surface area contributed by atoms with Crippen molar-refractivity contribution in [1.29, 1.82) is 0 Å². The molecule has 37 heavy (non-hydrogen) atoms. The molecule has 0 radical (unpaired) electrons. The average molecular weight is 552 g/mol. The first-order valence-corrected chi connectivity index (χ1v) is 11.0. The number of hydrogen-bond donors (Lipinski definition) is 2. The van der Waals surface area contributed by atoms with Crippen LogP contribution in [-0.2, 0) is 11.7 Å². The first-order chi connectivity index (χ1) is 17.2. The summed E-state index contributed by atoms with van der Waals surface area (Å²) in [6.45, 7) is 0.519. The van der Waals surface area contributed by atoms with Crippen molar-refractivity contribution < 1.29 is 35.9 Å². The molecule has 1 saturated heterocycles. The number of nitrogens with zero attached hydrogens (tertiary/aromatic N) is 5. The average Bonchev–Trinajstić information content (AvgIpc) is 3.28. The highest BCUT2D eigenvalue weighted by Gasteiger charge is 2.60. The minimum Gasteiger partial charge on any atom is -0.482 e. The Balaban J connectivity index is 1.54. The van der Waals surface area contributed by atoms with E-state index in [0.29, 0.717) is 24.2 Å². The topological polar surface area (TPSA) is 106 Å². The van der Waals surface area contributed by atoms with Gasteiger partial charge in [0.05, 0.1) is 23.3 Å². The zero-order chi connectivity index (χ0) is 26.9. The van der Waals surface area contributed by atoms with Crippen molar-refractivity contribution in [2.24, 2.45) is 0 Å². The number of ether oxygens (including phenoxy) is 1. The fourth-order valence-electron chi connectivity index (χ4n) is 4.11. The molecule has 17 heteroatoms. The molecule has 5 rings (SSSR count). The van der Waals surface area contributed by atoms with E-state index in [4.69, 9.17) is 16.3 Å². The summed E-state index contributed by atoms with van der Waals surface area (Å²) in [5.41, 5.74) is -5.34. The summed E-state index contributed by atoms with van der Waals surface area (Å²) in [5, 5.41) is 8.69. The van der Waals surface area contributed by atoms with Crippen LogP contribution in [0.3, 0.4) is 0 Å². The Bertz CT molecular complexity index is 1470. The van der Waals surface area contributed by atoms with Gasteiger partial charge in [-0.2, -0.15) is 18.3 Å². The van der Waals surface area contributed by atoms with Crippen molar-refractivity contribution in [2.75, 3.05) is 29.9 Å². The molecule has 10 nitrogen and oxygen atoms in total. The minimum atomic E-state index is -5.15. The van der Waals surface area contributed by atoms with Crippen LogP contribution in [0.15, 0.2) is 29.3 Å². The number of fused-ring (bicyclic) bond motifs is 3. The van der Waals surface area contributed by atoms with Gasteiger partial charge in [-0.15, -0.1) is 13.2 Å². The van der Waals surface area contributed by atoms with E-state index in [2.05, 4.69) is 20.7 Å². The van der Waals surface area contributed by atoms with E-state index in [-0.39, 0.29) is 16.5 Å². The number of halogens is 7. The van der Waals surface area contributed by atoms with Crippen molar-refractivity contribution in [3.63, 3.8) is 0 Å². The SMILES string of the molecule is C[C@@]1(C(F)(F)F)CN(C(=O)Nc2cc(OC3CNC3)c(=O)n(C(F)(F)F)c2)c2cnc3cc(Cl)nn3c21. The predicted molar refractivity (Wildman–Crippen MR) is 117 cm³/mol. The first kappa shape index (κ1) is 25.1. The molecule has 3 aromatic rings. The van der Waals surface area contributed by atoms with E-state index in [0.717, 1.165) is 23.7 Å². The summed E-state index contributed by atoms with van der Waals surface area (Å²) in [5.74, 6) is -0.682. The van der Waals surface area contributed by atoms with Gasteiger partial charge in [0.25, 0.3) is 5.56 Å². The van der Waals surface area contributed by atoms with Gasteiger partial charge in [-0.3, -0.25) is 9.69 Å². The second-order valence-corrected chi connectivity index (χ2v) is 9.10. The zero-order valence-electron chi connectivity index (χ0n) is 18.6. The fraction of sp³-hybridized carbons (Fsp3) is 0.400. The van der Waals surface area contributed by atoms with Gasteiger partial charge >= 0.3 is 18.5 Å². The number of pyridine rings is 1. The van der Waals surface area contributed by atoms with Crippen molar-refractivity contribution in [2.45, 2.75) is 30.9 Å². The van der Waals surface area contributed by atoms with E-state index in [1.165, 1.54) is 6.07 Å². The third-order valence-corrected chi connectivity index (χ3v) is 6.32. The second-order valence-electron chi connectivity index (χ2n) is 8.71. The monoisotopic (exact) mass is 551 g/mol. The fourth-order valence-corrected chi connectivity index (χ4v) is 4.28. The van der Waals surface area contributed by atoms with Crippen LogP contribution in [0.25, 0.3) is 5.65 Å².